The number of fused-ring (bicyclic) bond motifs is 12. The molecule has 0 radical (unpaired) electrons. The van der Waals surface area contributed by atoms with Crippen molar-refractivity contribution in [1.82, 2.24) is 0 Å². The minimum atomic E-state index is 0.948. The molecule has 0 aromatic heterocycles. The average molecular weight is 735 g/mol. The van der Waals surface area contributed by atoms with E-state index in [-0.39, 0.29) is 0 Å². The van der Waals surface area contributed by atoms with Crippen LogP contribution in [0.2, 0.25) is 0 Å². The van der Waals surface area contributed by atoms with Gasteiger partial charge in [0.1, 0.15) is 0 Å². The zero-order valence-corrected chi connectivity index (χ0v) is 31.1. The van der Waals surface area contributed by atoms with Crippen molar-refractivity contribution < 1.29 is 0 Å². The highest BCUT2D eigenvalue weighted by Gasteiger charge is 2.31. The minimum Gasteiger partial charge on any atom is -0.248 e. The van der Waals surface area contributed by atoms with Crippen LogP contribution < -0.4 is 21.4 Å². The second-order valence-electron chi connectivity index (χ2n) is 15.2. The molecule has 0 spiro atoms. The van der Waals surface area contributed by atoms with Crippen molar-refractivity contribution in [1.29, 1.82) is 0 Å². The number of para-hydroxylation sites is 2. The first kappa shape index (κ1) is 31.4. The van der Waals surface area contributed by atoms with E-state index in [9.17, 15) is 0 Å². The van der Waals surface area contributed by atoms with E-state index >= 15 is 0 Å². The lowest BCUT2D eigenvalue weighted by Gasteiger charge is -2.22. The zero-order valence-electron chi connectivity index (χ0n) is 31.1. The molecule has 4 heteroatoms. The lowest BCUT2D eigenvalue weighted by molar-refractivity contribution is 1.36. The second kappa shape index (κ2) is 11.8. The molecule has 0 N–H and O–H groups in total. The molecular weight excluding hydrogens is 705 g/mol. The van der Waals surface area contributed by atoms with Gasteiger partial charge in [0.15, 0.2) is 0 Å². The lowest BCUT2D eigenvalue weighted by atomic mass is 9.80. The first-order chi connectivity index (χ1) is 28.8. The SMILES string of the molecule is c1ccc(-c2ccc3c(c2-c2ccccc2-c2c(-c4ccccc4)ccc4c2-c2c5c(ccc2=N4)=c2ccccc2=N5)-c2c4c(ccc2=N3)=c2ccccc2=N4)cc1. The van der Waals surface area contributed by atoms with E-state index in [1.165, 1.54) is 0 Å². The predicted molar refractivity (Wildman–Crippen MR) is 231 cm³/mol. The van der Waals surface area contributed by atoms with E-state index in [1.54, 1.807) is 0 Å². The van der Waals surface area contributed by atoms with Crippen molar-refractivity contribution in [2.75, 3.05) is 0 Å². The predicted octanol–water partition coefficient (Wildman–Crippen LogP) is 11.3. The molecule has 0 unspecified atom stereocenters. The van der Waals surface area contributed by atoms with Crippen LogP contribution in [0.15, 0.2) is 202 Å². The van der Waals surface area contributed by atoms with Gasteiger partial charge in [0.05, 0.1) is 44.2 Å². The fourth-order valence-corrected chi connectivity index (χ4v) is 9.68. The zero-order chi connectivity index (χ0) is 37.9. The summed E-state index contributed by atoms with van der Waals surface area (Å²) in [7, 11) is 0. The monoisotopic (exact) mass is 734 g/mol. The first-order valence-electron chi connectivity index (χ1n) is 19.7. The van der Waals surface area contributed by atoms with E-state index in [1.807, 2.05) is 0 Å². The number of benzene rings is 9. The fraction of sp³-hybridized carbons (Fsp3) is 0. The van der Waals surface area contributed by atoms with Crippen molar-refractivity contribution in [2.45, 2.75) is 0 Å². The van der Waals surface area contributed by atoms with Gasteiger partial charge < -0.3 is 0 Å². The Bertz CT molecular complexity index is 3530. The van der Waals surface area contributed by atoms with Crippen LogP contribution >= 0.6 is 0 Å². The molecule has 13 rings (SSSR count). The molecule has 4 aliphatic heterocycles. The third kappa shape index (κ3) is 4.34. The first-order valence-corrected chi connectivity index (χ1v) is 19.7. The topological polar surface area (TPSA) is 49.4 Å². The van der Waals surface area contributed by atoms with Gasteiger partial charge in [0, 0.05) is 54.3 Å². The molecule has 0 saturated heterocycles. The standard InChI is InChI=1S/C54H30N4/c1-3-13-31(14-4-1)33-23-27-43-49(51-45(55-43)29-25-39-35-17-9-11-21-41(35)57-53(39)51)47(33)37-19-7-8-20-38(37)48-34(32-15-5-2-6-16-32)24-28-44-50(48)52-46(56-44)30-26-40-36-18-10-12-22-42(36)58-54(40)52/h1-30H. The summed E-state index contributed by atoms with van der Waals surface area (Å²) in [5.41, 5.74) is 17.4. The highest BCUT2D eigenvalue weighted by Crippen LogP contribution is 2.55. The summed E-state index contributed by atoms with van der Waals surface area (Å²) in [5, 5.41) is 8.49. The molecule has 4 heterocycles. The Morgan fingerprint density at radius 1 is 0.224 bits per heavy atom. The summed E-state index contributed by atoms with van der Waals surface area (Å²) in [6.45, 7) is 0. The molecular formula is C54H30N4. The van der Waals surface area contributed by atoms with Crippen molar-refractivity contribution in [3.05, 3.63) is 224 Å². The van der Waals surface area contributed by atoms with Gasteiger partial charge in [-0.1, -0.05) is 133 Å². The maximum absolute atomic E-state index is 5.30. The quantitative estimate of drug-likeness (QED) is 0.173. The number of hydrogen-bond acceptors (Lipinski definition) is 4. The minimum absolute atomic E-state index is 0.948. The van der Waals surface area contributed by atoms with Crippen LogP contribution in [0.1, 0.15) is 0 Å². The van der Waals surface area contributed by atoms with Crippen LogP contribution in [0, 0.1) is 20.9 Å². The van der Waals surface area contributed by atoms with E-state index in [0.29, 0.717) is 0 Å². The van der Waals surface area contributed by atoms with Crippen LogP contribution in [0.3, 0.4) is 0 Å². The van der Waals surface area contributed by atoms with Crippen molar-refractivity contribution in [3.63, 3.8) is 0 Å². The molecule has 0 fully saturated rings. The lowest BCUT2D eigenvalue weighted by Crippen LogP contribution is -2.03. The molecule has 58 heavy (non-hydrogen) atoms. The van der Waals surface area contributed by atoms with Gasteiger partial charge in [-0.2, -0.15) is 0 Å². The summed E-state index contributed by atoms with van der Waals surface area (Å²) in [4.78, 5) is 21.2. The van der Waals surface area contributed by atoms with Gasteiger partial charge in [0.2, 0.25) is 0 Å². The Labute approximate surface area is 332 Å². The van der Waals surface area contributed by atoms with Crippen LogP contribution in [0.5, 0.6) is 0 Å². The highest BCUT2D eigenvalue weighted by molar-refractivity contribution is 6.11. The Kier molecular flexibility index (Phi) is 6.41. The number of nitrogens with zero attached hydrogens (tertiary/aromatic N) is 4. The van der Waals surface area contributed by atoms with E-state index in [0.717, 1.165) is 132 Å². The summed E-state index contributed by atoms with van der Waals surface area (Å²) in [6.07, 6.45) is 0. The molecule has 9 aromatic carbocycles. The second-order valence-corrected chi connectivity index (χ2v) is 15.2. The van der Waals surface area contributed by atoms with E-state index < -0.39 is 0 Å². The smallest absolute Gasteiger partial charge is 0.0817 e. The largest absolute Gasteiger partial charge is 0.248 e. The van der Waals surface area contributed by atoms with Gasteiger partial charge in [0.25, 0.3) is 0 Å². The molecule has 266 valence electrons. The van der Waals surface area contributed by atoms with Gasteiger partial charge in [-0.3, -0.25) is 0 Å². The van der Waals surface area contributed by atoms with Gasteiger partial charge in [-0.05, 0) is 81.9 Å². The maximum Gasteiger partial charge on any atom is 0.0817 e. The maximum atomic E-state index is 5.30. The summed E-state index contributed by atoms with van der Waals surface area (Å²) < 4.78 is 0. The van der Waals surface area contributed by atoms with Crippen LogP contribution in [0.25, 0.3) is 66.8 Å². The molecule has 0 saturated carbocycles. The average Bonchev–Trinajstić information content (AvgIpc) is 4.06. The number of hydrogen-bond donors (Lipinski definition) is 0. The molecule has 4 nitrogen and oxygen atoms in total. The van der Waals surface area contributed by atoms with Gasteiger partial charge >= 0.3 is 0 Å². The van der Waals surface area contributed by atoms with E-state index in [2.05, 4.69) is 182 Å². The van der Waals surface area contributed by atoms with Crippen LogP contribution in [-0.2, 0) is 0 Å². The Morgan fingerprint density at radius 2 is 0.638 bits per heavy atom. The molecule has 9 aromatic rings. The van der Waals surface area contributed by atoms with Crippen molar-refractivity contribution in [3.8, 4) is 66.8 Å². The Balaban J connectivity index is 1.17. The fourth-order valence-electron chi connectivity index (χ4n) is 9.68. The summed E-state index contributed by atoms with van der Waals surface area (Å²) in [6, 6.07) is 64.9. The summed E-state index contributed by atoms with van der Waals surface area (Å²) >= 11 is 0. The summed E-state index contributed by atoms with van der Waals surface area (Å²) in [5.74, 6) is 0. The molecule has 0 aliphatic carbocycles. The van der Waals surface area contributed by atoms with Gasteiger partial charge in [-0.15, -0.1) is 0 Å². The molecule has 0 bridgehead atoms. The van der Waals surface area contributed by atoms with Gasteiger partial charge in [-0.25, -0.2) is 20.0 Å². The normalized spacial score (nSPS) is 12.7. The molecule has 0 atom stereocenters. The third-order valence-corrected chi connectivity index (χ3v) is 12.1. The number of rotatable bonds is 4. The third-order valence-electron chi connectivity index (χ3n) is 12.1. The molecule has 0 amide bonds. The molecule has 4 aliphatic rings. The highest BCUT2D eigenvalue weighted by atomic mass is 14.8. The van der Waals surface area contributed by atoms with E-state index in [4.69, 9.17) is 20.0 Å². The van der Waals surface area contributed by atoms with Crippen LogP contribution in [-0.4, -0.2) is 0 Å². The van der Waals surface area contributed by atoms with Crippen LogP contribution in [0.4, 0.5) is 22.7 Å². The Morgan fingerprint density at radius 3 is 1.10 bits per heavy atom. The van der Waals surface area contributed by atoms with Crippen molar-refractivity contribution in [2.24, 2.45) is 20.0 Å². The van der Waals surface area contributed by atoms with Crippen molar-refractivity contribution >= 4 is 22.7 Å². The Hall–Kier alpha value is -7.82.